The molecule has 0 saturated carbocycles. The summed E-state index contributed by atoms with van der Waals surface area (Å²) in [5, 5.41) is 11.3. The third-order valence-electron chi connectivity index (χ3n) is 3.20. The standard InChI is InChI=1S/C13H14N2O4/c1-8-3-5-9(6-4-8)13(2)11(18)15(7-10(16)17)12(19)14-13/h3-6H,7H2,1-2H3,(H,14,19)(H,16,17)/t13-/m1/s1. The lowest BCUT2D eigenvalue weighted by atomic mass is 9.91. The van der Waals surface area contributed by atoms with Crippen molar-refractivity contribution in [3.05, 3.63) is 35.4 Å². The van der Waals surface area contributed by atoms with Crippen molar-refractivity contribution >= 4 is 17.9 Å². The van der Waals surface area contributed by atoms with E-state index in [9.17, 15) is 14.4 Å². The van der Waals surface area contributed by atoms with Crippen molar-refractivity contribution in [3.8, 4) is 0 Å². The maximum Gasteiger partial charge on any atom is 0.325 e. The van der Waals surface area contributed by atoms with E-state index < -0.39 is 30.0 Å². The molecule has 1 aromatic rings. The molecule has 2 N–H and O–H groups in total. The van der Waals surface area contributed by atoms with Crippen molar-refractivity contribution in [2.45, 2.75) is 19.4 Å². The van der Waals surface area contributed by atoms with E-state index >= 15 is 0 Å². The fourth-order valence-corrected chi connectivity index (χ4v) is 2.06. The predicted octanol–water partition coefficient (Wildman–Crippen LogP) is 0.847. The Hall–Kier alpha value is -2.37. The first kappa shape index (κ1) is 13.1. The van der Waals surface area contributed by atoms with Crippen LogP contribution in [0.5, 0.6) is 0 Å². The molecule has 1 fully saturated rings. The summed E-state index contributed by atoms with van der Waals surface area (Å²) in [4.78, 5) is 35.3. The van der Waals surface area contributed by atoms with Crippen LogP contribution in [0.4, 0.5) is 4.79 Å². The van der Waals surface area contributed by atoms with Crippen LogP contribution in [0.1, 0.15) is 18.1 Å². The Morgan fingerprint density at radius 3 is 2.42 bits per heavy atom. The number of rotatable bonds is 3. The molecule has 3 amide bonds. The maximum absolute atomic E-state index is 12.2. The number of benzene rings is 1. The first-order valence-corrected chi connectivity index (χ1v) is 5.77. The van der Waals surface area contributed by atoms with E-state index in [1.54, 1.807) is 19.1 Å². The van der Waals surface area contributed by atoms with Crippen LogP contribution in [0.25, 0.3) is 0 Å². The number of hydrogen-bond donors (Lipinski definition) is 2. The molecule has 6 heteroatoms. The average molecular weight is 262 g/mol. The van der Waals surface area contributed by atoms with Gasteiger partial charge in [-0.2, -0.15) is 0 Å². The molecule has 0 aliphatic carbocycles. The zero-order valence-electron chi connectivity index (χ0n) is 10.6. The second kappa shape index (κ2) is 4.38. The Morgan fingerprint density at radius 1 is 1.32 bits per heavy atom. The summed E-state index contributed by atoms with van der Waals surface area (Å²) in [5.41, 5.74) is 0.455. The molecule has 0 spiro atoms. The highest BCUT2D eigenvalue weighted by molar-refractivity contribution is 6.08. The van der Waals surface area contributed by atoms with Crippen molar-refractivity contribution in [1.29, 1.82) is 0 Å². The fraction of sp³-hybridized carbons (Fsp3) is 0.308. The Morgan fingerprint density at radius 2 is 1.89 bits per heavy atom. The van der Waals surface area contributed by atoms with Crippen LogP contribution >= 0.6 is 0 Å². The summed E-state index contributed by atoms with van der Waals surface area (Å²) in [6.07, 6.45) is 0. The molecule has 100 valence electrons. The topological polar surface area (TPSA) is 86.7 Å². The SMILES string of the molecule is Cc1ccc([C@@]2(C)NC(=O)N(CC(=O)O)C2=O)cc1. The van der Waals surface area contributed by atoms with Gasteiger partial charge in [0.25, 0.3) is 5.91 Å². The van der Waals surface area contributed by atoms with Crippen LogP contribution in [-0.2, 0) is 15.1 Å². The quantitative estimate of drug-likeness (QED) is 0.790. The normalized spacial score (nSPS) is 22.5. The Labute approximate surface area is 110 Å². The molecule has 0 unspecified atom stereocenters. The number of imide groups is 1. The molecule has 1 saturated heterocycles. The van der Waals surface area contributed by atoms with Crippen molar-refractivity contribution < 1.29 is 19.5 Å². The van der Waals surface area contributed by atoms with Gasteiger partial charge in [-0.15, -0.1) is 0 Å². The Balaban J connectivity index is 2.35. The monoisotopic (exact) mass is 262 g/mol. The van der Waals surface area contributed by atoms with Crippen molar-refractivity contribution in [2.24, 2.45) is 0 Å². The van der Waals surface area contributed by atoms with Gasteiger partial charge in [-0.05, 0) is 19.4 Å². The molecule has 1 atom stereocenters. The molecule has 2 rings (SSSR count). The van der Waals surface area contributed by atoms with E-state index in [2.05, 4.69) is 5.32 Å². The molecule has 1 aliphatic heterocycles. The van der Waals surface area contributed by atoms with Crippen LogP contribution in [0.2, 0.25) is 0 Å². The summed E-state index contributed by atoms with van der Waals surface area (Å²) < 4.78 is 0. The van der Waals surface area contributed by atoms with Crippen LogP contribution in [0.15, 0.2) is 24.3 Å². The number of carbonyl (C=O) groups is 3. The van der Waals surface area contributed by atoms with E-state index in [1.165, 1.54) is 0 Å². The molecule has 0 bridgehead atoms. The minimum Gasteiger partial charge on any atom is -0.480 e. The van der Waals surface area contributed by atoms with Gasteiger partial charge in [0.2, 0.25) is 0 Å². The van der Waals surface area contributed by atoms with E-state index in [-0.39, 0.29) is 0 Å². The highest BCUT2D eigenvalue weighted by atomic mass is 16.4. The predicted molar refractivity (Wildman–Crippen MR) is 66.4 cm³/mol. The zero-order chi connectivity index (χ0) is 14.2. The molecular formula is C13H14N2O4. The number of nitrogens with zero attached hydrogens (tertiary/aromatic N) is 1. The number of carbonyl (C=O) groups excluding carboxylic acids is 2. The highest BCUT2D eigenvalue weighted by Gasteiger charge is 2.49. The summed E-state index contributed by atoms with van der Waals surface area (Å²) in [6.45, 7) is 2.85. The summed E-state index contributed by atoms with van der Waals surface area (Å²) in [5.74, 6) is -1.78. The second-order valence-corrected chi connectivity index (χ2v) is 4.71. The Bertz CT molecular complexity index is 552. The van der Waals surface area contributed by atoms with Gasteiger partial charge in [0.1, 0.15) is 12.1 Å². The minimum atomic E-state index is -1.23. The number of nitrogens with one attached hydrogen (secondary N) is 1. The lowest BCUT2D eigenvalue weighted by molar-refractivity contribution is -0.142. The average Bonchev–Trinajstić information content (AvgIpc) is 2.54. The minimum absolute atomic E-state index is 0.552. The zero-order valence-corrected chi connectivity index (χ0v) is 10.6. The van der Waals surface area contributed by atoms with E-state index in [1.807, 2.05) is 19.1 Å². The van der Waals surface area contributed by atoms with Gasteiger partial charge in [-0.1, -0.05) is 29.8 Å². The van der Waals surface area contributed by atoms with Gasteiger partial charge in [0.05, 0.1) is 0 Å². The number of aryl methyl sites for hydroxylation is 1. The van der Waals surface area contributed by atoms with Crippen LogP contribution < -0.4 is 5.32 Å². The van der Waals surface area contributed by atoms with Crippen LogP contribution in [0.3, 0.4) is 0 Å². The van der Waals surface area contributed by atoms with Crippen molar-refractivity contribution in [2.75, 3.05) is 6.54 Å². The largest absolute Gasteiger partial charge is 0.480 e. The van der Waals surface area contributed by atoms with Gasteiger partial charge in [-0.3, -0.25) is 14.5 Å². The number of aliphatic carboxylic acids is 1. The molecule has 1 aromatic carbocycles. The molecule has 6 nitrogen and oxygen atoms in total. The van der Waals surface area contributed by atoms with Crippen LogP contribution in [-0.4, -0.2) is 34.5 Å². The van der Waals surface area contributed by atoms with Gasteiger partial charge in [0.15, 0.2) is 0 Å². The lowest BCUT2D eigenvalue weighted by Gasteiger charge is -2.22. The second-order valence-electron chi connectivity index (χ2n) is 4.71. The molecule has 0 aromatic heterocycles. The number of amides is 3. The number of carboxylic acids is 1. The molecule has 19 heavy (non-hydrogen) atoms. The van der Waals surface area contributed by atoms with Gasteiger partial charge >= 0.3 is 12.0 Å². The van der Waals surface area contributed by atoms with E-state index in [4.69, 9.17) is 5.11 Å². The summed E-state index contributed by atoms with van der Waals surface area (Å²) in [6, 6.07) is 6.48. The van der Waals surface area contributed by atoms with Crippen molar-refractivity contribution in [1.82, 2.24) is 10.2 Å². The third kappa shape index (κ3) is 2.16. The smallest absolute Gasteiger partial charge is 0.325 e. The molecule has 0 radical (unpaired) electrons. The van der Waals surface area contributed by atoms with Gasteiger partial charge < -0.3 is 10.4 Å². The lowest BCUT2D eigenvalue weighted by Crippen LogP contribution is -2.41. The summed E-state index contributed by atoms with van der Waals surface area (Å²) in [7, 11) is 0. The van der Waals surface area contributed by atoms with Crippen molar-refractivity contribution in [3.63, 3.8) is 0 Å². The number of carboxylic acid groups (broad SMARTS) is 1. The molecule has 1 heterocycles. The number of urea groups is 1. The first-order chi connectivity index (χ1) is 8.84. The van der Waals surface area contributed by atoms with E-state index in [0.29, 0.717) is 10.5 Å². The van der Waals surface area contributed by atoms with Crippen LogP contribution in [0, 0.1) is 6.92 Å². The maximum atomic E-state index is 12.2. The van der Waals surface area contributed by atoms with E-state index in [0.717, 1.165) is 5.56 Å². The fourth-order valence-electron chi connectivity index (χ4n) is 2.06. The number of hydrogen-bond acceptors (Lipinski definition) is 3. The third-order valence-corrected chi connectivity index (χ3v) is 3.20. The molecular weight excluding hydrogens is 248 g/mol. The Kier molecular flexibility index (Phi) is 3.01. The van der Waals surface area contributed by atoms with Gasteiger partial charge in [0, 0.05) is 0 Å². The van der Waals surface area contributed by atoms with Gasteiger partial charge in [-0.25, -0.2) is 4.79 Å². The summed E-state index contributed by atoms with van der Waals surface area (Å²) >= 11 is 0. The first-order valence-electron chi connectivity index (χ1n) is 5.77. The highest BCUT2D eigenvalue weighted by Crippen LogP contribution is 2.28. The molecule has 1 aliphatic rings.